The first-order chi connectivity index (χ1) is 10.5. The average Bonchev–Trinajstić information content (AvgIpc) is 2.90. The van der Waals surface area contributed by atoms with Crippen LogP contribution >= 0.6 is 0 Å². The minimum atomic E-state index is -1.07. The highest BCUT2D eigenvalue weighted by Gasteiger charge is 2.22. The molecule has 0 amide bonds. The van der Waals surface area contributed by atoms with Gasteiger partial charge in [0, 0.05) is 19.3 Å². The number of nitriles is 1. The van der Waals surface area contributed by atoms with E-state index in [9.17, 15) is 19.3 Å². The maximum absolute atomic E-state index is 13.7. The summed E-state index contributed by atoms with van der Waals surface area (Å²) < 4.78 is 18.4. The third-order valence-corrected chi connectivity index (χ3v) is 2.84. The van der Waals surface area contributed by atoms with E-state index in [1.807, 2.05) is 6.07 Å². The molecule has 0 aliphatic rings. The summed E-state index contributed by atoms with van der Waals surface area (Å²) >= 11 is 0. The van der Waals surface area contributed by atoms with Gasteiger partial charge in [-0.1, -0.05) is 6.58 Å². The van der Waals surface area contributed by atoms with Gasteiger partial charge in [0.05, 0.1) is 16.7 Å². The second-order valence-electron chi connectivity index (χ2n) is 4.06. The maximum atomic E-state index is 13.7. The summed E-state index contributed by atoms with van der Waals surface area (Å²) in [6, 6.07) is 4.91. The molecule has 22 heavy (non-hydrogen) atoms. The van der Waals surface area contributed by atoms with Gasteiger partial charge in [0.15, 0.2) is 0 Å². The molecule has 1 aromatic carbocycles. The number of hydrogen-bond acceptors (Lipinski definition) is 5. The molecule has 0 saturated heterocycles. The number of rotatable bonds is 4. The SMILES string of the molecule is C=COC(=O)c1c[nH]c(C#N)c1-c1ccc([N+](=O)[O-])c(F)c1.[HH]. The molecule has 0 bridgehead atoms. The molecule has 112 valence electrons. The minimum Gasteiger partial charge on any atom is -0.431 e. The molecule has 8 heteroatoms. The molecule has 0 radical (unpaired) electrons. The third-order valence-electron chi connectivity index (χ3n) is 2.84. The molecule has 7 nitrogen and oxygen atoms in total. The van der Waals surface area contributed by atoms with Crippen LogP contribution in [0.2, 0.25) is 0 Å². The summed E-state index contributed by atoms with van der Waals surface area (Å²) in [5, 5.41) is 19.7. The van der Waals surface area contributed by atoms with Crippen LogP contribution in [-0.4, -0.2) is 15.9 Å². The predicted molar refractivity (Wildman–Crippen MR) is 75.3 cm³/mol. The molecular weight excluding hydrogens is 293 g/mol. The summed E-state index contributed by atoms with van der Waals surface area (Å²) in [7, 11) is 0. The molecule has 0 saturated carbocycles. The molecule has 2 rings (SSSR count). The number of nitrogens with one attached hydrogen (secondary N) is 1. The number of nitrogens with zero attached hydrogens (tertiary/aromatic N) is 2. The monoisotopic (exact) mass is 303 g/mol. The fraction of sp³-hybridized carbons (Fsp3) is 0. The van der Waals surface area contributed by atoms with Gasteiger partial charge in [0.2, 0.25) is 5.82 Å². The Morgan fingerprint density at radius 2 is 2.32 bits per heavy atom. The van der Waals surface area contributed by atoms with Crippen molar-refractivity contribution in [2.75, 3.05) is 0 Å². The largest absolute Gasteiger partial charge is 0.431 e. The Labute approximate surface area is 124 Å². The van der Waals surface area contributed by atoms with E-state index in [0.717, 1.165) is 18.4 Å². The number of carbonyl (C=O) groups is 1. The van der Waals surface area contributed by atoms with Gasteiger partial charge in [-0.05, 0) is 17.7 Å². The number of H-pyrrole nitrogens is 1. The second-order valence-corrected chi connectivity index (χ2v) is 4.06. The molecule has 2 aromatic rings. The fourth-order valence-electron chi connectivity index (χ4n) is 1.92. The first-order valence-corrected chi connectivity index (χ1v) is 5.87. The van der Waals surface area contributed by atoms with Crippen molar-refractivity contribution in [2.24, 2.45) is 0 Å². The van der Waals surface area contributed by atoms with Crippen molar-refractivity contribution in [3.8, 4) is 17.2 Å². The lowest BCUT2D eigenvalue weighted by molar-refractivity contribution is -0.387. The van der Waals surface area contributed by atoms with Crippen LogP contribution in [0.25, 0.3) is 11.1 Å². The first-order valence-electron chi connectivity index (χ1n) is 5.87. The van der Waals surface area contributed by atoms with E-state index < -0.39 is 22.4 Å². The highest BCUT2D eigenvalue weighted by atomic mass is 19.1. The second kappa shape index (κ2) is 5.88. The van der Waals surface area contributed by atoms with E-state index in [0.29, 0.717) is 0 Å². The molecule has 0 fully saturated rings. The normalized spacial score (nSPS) is 9.82. The van der Waals surface area contributed by atoms with Crippen LogP contribution < -0.4 is 0 Å². The summed E-state index contributed by atoms with van der Waals surface area (Å²) in [6.07, 6.45) is 2.15. The zero-order valence-corrected chi connectivity index (χ0v) is 11.0. The Kier molecular flexibility index (Phi) is 3.99. The summed E-state index contributed by atoms with van der Waals surface area (Å²) in [5.41, 5.74) is -0.470. The molecule has 1 heterocycles. The van der Waals surface area contributed by atoms with Crippen molar-refractivity contribution in [2.45, 2.75) is 0 Å². The third kappa shape index (κ3) is 2.55. The number of aromatic nitrogens is 1. The van der Waals surface area contributed by atoms with E-state index in [-0.39, 0.29) is 23.8 Å². The van der Waals surface area contributed by atoms with E-state index in [4.69, 9.17) is 5.26 Å². The minimum absolute atomic E-state index is 0. The van der Waals surface area contributed by atoms with Crippen molar-refractivity contribution in [1.82, 2.24) is 4.98 Å². The first kappa shape index (κ1) is 14.9. The van der Waals surface area contributed by atoms with Crippen molar-refractivity contribution < 1.29 is 20.3 Å². The van der Waals surface area contributed by atoms with Gasteiger partial charge < -0.3 is 9.72 Å². The average molecular weight is 303 g/mol. The zero-order valence-electron chi connectivity index (χ0n) is 11.0. The number of esters is 1. The zero-order chi connectivity index (χ0) is 16.3. The van der Waals surface area contributed by atoms with Gasteiger partial charge in [-0.25, -0.2) is 4.79 Å². The van der Waals surface area contributed by atoms with Crippen LogP contribution in [0.5, 0.6) is 0 Å². The number of ether oxygens (including phenoxy) is 1. The van der Waals surface area contributed by atoms with E-state index >= 15 is 0 Å². The van der Waals surface area contributed by atoms with Gasteiger partial charge in [0.25, 0.3) is 0 Å². The highest BCUT2D eigenvalue weighted by Crippen LogP contribution is 2.31. The number of nitro groups is 1. The van der Waals surface area contributed by atoms with Crippen LogP contribution in [-0.2, 0) is 4.74 Å². The number of benzene rings is 1. The van der Waals surface area contributed by atoms with Gasteiger partial charge in [-0.3, -0.25) is 10.1 Å². The summed E-state index contributed by atoms with van der Waals surface area (Å²) in [6.45, 7) is 3.25. The Morgan fingerprint density at radius 3 is 2.86 bits per heavy atom. The lowest BCUT2D eigenvalue weighted by atomic mass is 10.0. The Hall–Kier alpha value is -3.47. The number of hydrogen-bond donors (Lipinski definition) is 1. The Balaban J connectivity index is 0.00000264. The topological polar surface area (TPSA) is 109 Å². The molecule has 0 atom stereocenters. The van der Waals surface area contributed by atoms with Crippen molar-refractivity contribution in [3.05, 3.63) is 64.4 Å². The lowest BCUT2D eigenvalue weighted by Crippen LogP contribution is -2.01. The highest BCUT2D eigenvalue weighted by molar-refractivity contribution is 5.99. The molecule has 1 N–H and O–H groups in total. The molecule has 0 aliphatic heterocycles. The number of halogens is 1. The van der Waals surface area contributed by atoms with E-state index in [1.165, 1.54) is 12.3 Å². The smallest absolute Gasteiger partial charge is 0.345 e. The molecular formula is C14H10FN3O4. The number of nitro benzene ring substituents is 1. The quantitative estimate of drug-likeness (QED) is 0.404. The van der Waals surface area contributed by atoms with Crippen LogP contribution in [0.1, 0.15) is 17.5 Å². The molecule has 0 unspecified atom stereocenters. The van der Waals surface area contributed by atoms with Gasteiger partial charge in [0.1, 0.15) is 11.8 Å². The molecule has 1 aromatic heterocycles. The van der Waals surface area contributed by atoms with Crippen LogP contribution in [0.15, 0.2) is 37.2 Å². The van der Waals surface area contributed by atoms with Crippen molar-refractivity contribution in [1.29, 1.82) is 5.26 Å². The van der Waals surface area contributed by atoms with Gasteiger partial charge in [-0.15, -0.1) is 0 Å². The standard InChI is InChI=1S/C14H8FN3O4.H2/c1-2-22-14(19)9-7-17-11(6-16)13(9)8-3-4-12(18(20)21)10(15)5-8;/h2-5,7,17H,1H2;1H. The maximum Gasteiger partial charge on any atom is 0.345 e. The lowest BCUT2D eigenvalue weighted by Gasteiger charge is -2.04. The van der Waals surface area contributed by atoms with Crippen molar-refractivity contribution in [3.63, 3.8) is 0 Å². The Morgan fingerprint density at radius 1 is 1.59 bits per heavy atom. The van der Waals surface area contributed by atoms with Crippen LogP contribution in [0, 0.1) is 27.3 Å². The Bertz CT molecular complexity index is 826. The number of carbonyl (C=O) groups excluding carboxylic acids is 1. The van der Waals surface area contributed by atoms with Crippen LogP contribution in [0.3, 0.4) is 0 Å². The predicted octanol–water partition coefficient (Wildman–Crippen LogP) is 3.15. The fourth-order valence-corrected chi connectivity index (χ4v) is 1.92. The molecule has 0 aliphatic carbocycles. The van der Waals surface area contributed by atoms with Gasteiger partial charge in [-0.2, -0.15) is 9.65 Å². The van der Waals surface area contributed by atoms with E-state index in [1.54, 1.807) is 0 Å². The van der Waals surface area contributed by atoms with Crippen LogP contribution in [0.4, 0.5) is 10.1 Å². The summed E-state index contributed by atoms with van der Waals surface area (Å²) in [5.74, 6) is -1.86. The summed E-state index contributed by atoms with van der Waals surface area (Å²) in [4.78, 5) is 24.1. The van der Waals surface area contributed by atoms with Gasteiger partial charge >= 0.3 is 11.7 Å². The van der Waals surface area contributed by atoms with E-state index in [2.05, 4.69) is 16.3 Å². The number of aromatic amines is 1. The van der Waals surface area contributed by atoms with Crippen molar-refractivity contribution >= 4 is 11.7 Å². The molecule has 0 spiro atoms.